The van der Waals surface area contributed by atoms with Crippen LogP contribution in [0.1, 0.15) is 21.6 Å². The topological polar surface area (TPSA) is 58.6 Å². The summed E-state index contributed by atoms with van der Waals surface area (Å²) in [5.41, 5.74) is 3.70. The van der Waals surface area contributed by atoms with Crippen molar-refractivity contribution in [3.63, 3.8) is 0 Å². The van der Waals surface area contributed by atoms with Gasteiger partial charge in [0, 0.05) is 47.8 Å². The minimum Gasteiger partial charge on any atom is -0.378 e. The number of fused-ring (bicyclic) bond motifs is 1. The zero-order chi connectivity index (χ0) is 21.2. The van der Waals surface area contributed by atoms with Crippen LogP contribution in [0, 0.1) is 0 Å². The molecular weight excluding hydrogens is 412 g/mol. The van der Waals surface area contributed by atoms with Gasteiger partial charge in [0.25, 0.3) is 5.91 Å². The molecular formula is C24H23ClN4O2. The molecule has 31 heavy (non-hydrogen) atoms. The SMILES string of the molecule is O=C(c1ccc(Cl)cc1)N1CCc2nc(-c3ccccc3)nc(N3CCOCC3)c2C1. The van der Waals surface area contributed by atoms with Crippen molar-refractivity contribution in [1.82, 2.24) is 14.9 Å². The third-order valence-corrected chi connectivity index (χ3v) is 6.01. The second kappa shape index (κ2) is 8.65. The predicted octanol–water partition coefficient (Wildman–Crippen LogP) is 3.83. The molecule has 2 aliphatic heterocycles. The maximum absolute atomic E-state index is 13.1. The summed E-state index contributed by atoms with van der Waals surface area (Å²) in [6, 6.07) is 17.1. The lowest BCUT2D eigenvalue weighted by Gasteiger charge is -2.34. The zero-order valence-electron chi connectivity index (χ0n) is 17.1. The number of carbonyl (C=O) groups excluding carboxylic acids is 1. The normalized spacial score (nSPS) is 16.2. The van der Waals surface area contributed by atoms with E-state index in [0.29, 0.717) is 43.3 Å². The van der Waals surface area contributed by atoms with E-state index in [-0.39, 0.29) is 5.91 Å². The number of rotatable bonds is 3. The number of hydrogen-bond acceptors (Lipinski definition) is 5. The first-order valence-corrected chi connectivity index (χ1v) is 10.9. The summed E-state index contributed by atoms with van der Waals surface area (Å²) >= 11 is 5.98. The number of nitrogens with zero attached hydrogens (tertiary/aromatic N) is 4. The number of benzene rings is 2. The molecule has 1 aromatic heterocycles. The van der Waals surface area contributed by atoms with Crippen molar-refractivity contribution in [1.29, 1.82) is 0 Å². The Bertz CT molecular complexity index is 1080. The van der Waals surface area contributed by atoms with Crippen molar-refractivity contribution in [2.45, 2.75) is 13.0 Å². The molecule has 6 nitrogen and oxygen atoms in total. The highest BCUT2D eigenvalue weighted by Gasteiger charge is 2.29. The number of amides is 1. The number of ether oxygens (including phenoxy) is 1. The van der Waals surface area contributed by atoms with Gasteiger partial charge in [-0.2, -0.15) is 0 Å². The summed E-state index contributed by atoms with van der Waals surface area (Å²) in [6.45, 7) is 4.03. The van der Waals surface area contributed by atoms with Crippen LogP contribution < -0.4 is 4.90 Å². The van der Waals surface area contributed by atoms with Gasteiger partial charge in [-0.1, -0.05) is 41.9 Å². The second-order valence-corrected chi connectivity index (χ2v) is 8.18. The highest BCUT2D eigenvalue weighted by Crippen LogP contribution is 2.31. The van der Waals surface area contributed by atoms with Gasteiger partial charge in [-0.25, -0.2) is 9.97 Å². The van der Waals surface area contributed by atoms with Gasteiger partial charge < -0.3 is 14.5 Å². The fraction of sp³-hybridized carbons (Fsp3) is 0.292. The van der Waals surface area contributed by atoms with E-state index in [1.54, 1.807) is 24.3 Å². The number of aromatic nitrogens is 2. The van der Waals surface area contributed by atoms with Crippen molar-refractivity contribution >= 4 is 23.3 Å². The first-order chi connectivity index (χ1) is 15.2. The van der Waals surface area contributed by atoms with Crippen molar-refractivity contribution in [3.8, 4) is 11.4 Å². The summed E-state index contributed by atoms with van der Waals surface area (Å²) in [5.74, 6) is 1.65. The first kappa shape index (κ1) is 20.0. The summed E-state index contributed by atoms with van der Waals surface area (Å²) in [5, 5.41) is 0.622. The van der Waals surface area contributed by atoms with Crippen LogP contribution in [0.2, 0.25) is 5.02 Å². The highest BCUT2D eigenvalue weighted by atomic mass is 35.5. The Kier molecular flexibility index (Phi) is 5.57. The number of hydrogen-bond donors (Lipinski definition) is 0. The van der Waals surface area contributed by atoms with E-state index in [2.05, 4.69) is 4.90 Å². The van der Waals surface area contributed by atoms with Gasteiger partial charge >= 0.3 is 0 Å². The smallest absolute Gasteiger partial charge is 0.254 e. The van der Waals surface area contributed by atoms with Crippen LogP contribution in [-0.2, 0) is 17.7 Å². The van der Waals surface area contributed by atoms with E-state index >= 15 is 0 Å². The number of morpholine rings is 1. The Hall–Kier alpha value is -2.96. The molecule has 0 radical (unpaired) electrons. The molecule has 0 spiro atoms. The monoisotopic (exact) mass is 434 g/mol. The molecule has 3 heterocycles. The maximum Gasteiger partial charge on any atom is 0.254 e. The average Bonchev–Trinajstić information content (AvgIpc) is 2.84. The lowest BCUT2D eigenvalue weighted by atomic mass is 10.0. The molecule has 0 saturated carbocycles. The van der Waals surface area contributed by atoms with Gasteiger partial charge in [-0.15, -0.1) is 0 Å². The molecule has 158 valence electrons. The molecule has 0 aliphatic carbocycles. The Morgan fingerprint density at radius 3 is 2.42 bits per heavy atom. The lowest BCUT2D eigenvalue weighted by molar-refractivity contribution is 0.0733. The van der Waals surface area contributed by atoms with E-state index in [4.69, 9.17) is 26.3 Å². The molecule has 5 rings (SSSR count). The molecule has 0 unspecified atom stereocenters. The Labute approximate surface area is 186 Å². The van der Waals surface area contributed by atoms with Crippen LogP contribution in [-0.4, -0.2) is 53.6 Å². The van der Waals surface area contributed by atoms with E-state index in [9.17, 15) is 4.79 Å². The summed E-state index contributed by atoms with van der Waals surface area (Å²) in [7, 11) is 0. The van der Waals surface area contributed by atoms with Crippen LogP contribution >= 0.6 is 11.6 Å². The fourth-order valence-electron chi connectivity index (χ4n) is 4.10. The van der Waals surface area contributed by atoms with Crippen LogP contribution in [0.5, 0.6) is 0 Å². The minimum atomic E-state index is 0.00220. The number of halogens is 1. The fourth-order valence-corrected chi connectivity index (χ4v) is 4.22. The summed E-state index contributed by atoms with van der Waals surface area (Å²) in [6.07, 6.45) is 0.703. The Morgan fingerprint density at radius 1 is 0.935 bits per heavy atom. The third kappa shape index (κ3) is 4.13. The van der Waals surface area contributed by atoms with E-state index in [0.717, 1.165) is 41.6 Å². The van der Waals surface area contributed by atoms with Crippen molar-refractivity contribution < 1.29 is 9.53 Å². The molecule has 1 fully saturated rings. The summed E-state index contributed by atoms with van der Waals surface area (Å²) < 4.78 is 5.55. The average molecular weight is 435 g/mol. The van der Waals surface area contributed by atoms with Crippen LogP contribution in [0.15, 0.2) is 54.6 Å². The van der Waals surface area contributed by atoms with Gasteiger partial charge in [-0.3, -0.25) is 4.79 Å². The van der Waals surface area contributed by atoms with Crippen LogP contribution in [0.25, 0.3) is 11.4 Å². The molecule has 0 bridgehead atoms. The largest absolute Gasteiger partial charge is 0.378 e. The predicted molar refractivity (Wildman–Crippen MR) is 120 cm³/mol. The second-order valence-electron chi connectivity index (χ2n) is 7.75. The zero-order valence-corrected chi connectivity index (χ0v) is 17.9. The Morgan fingerprint density at radius 2 is 1.68 bits per heavy atom. The van der Waals surface area contributed by atoms with Gasteiger partial charge in [-0.05, 0) is 24.3 Å². The minimum absolute atomic E-state index is 0.00220. The van der Waals surface area contributed by atoms with E-state index < -0.39 is 0 Å². The first-order valence-electron chi connectivity index (χ1n) is 10.5. The van der Waals surface area contributed by atoms with Gasteiger partial charge in [0.1, 0.15) is 5.82 Å². The van der Waals surface area contributed by atoms with Crippen molar-refractivity contribution in [2.75, 3.05) is 37.7 Å². The standard InChI is InChI=1S/C24H23ClN4O2/c25-19-8-6-18(7-9-19)24(30)29-11-10-21-20(16-29)23(28-12-14-31-15-13-28)27-22(26-21)17-4-2-1-3-5-17/h1-9H,10-16H2. The van der Waals surface area contributed by atoms with E-state index in [1.807, 2.05) is 35.2 Å². The molecule has 2 aliphatic rings. The molecule has 0 atom stereocenters. The molecule has 1 saturated heterocycles. The number of carbonyl (C=O) groups is 1. The highest BCUT2D eigenvalue weighted by molar-refractivity contribution is 6.30. The Balaban J connectivity index is 1.51. The van der Waals surface area contributed by atoms with Crippen LogP contribution in [0.4, 0.5) is 5.82 Å². The lowest BCUT2D eigenvalue weighted by Crippen LogP contribution is -2.41. The van der Waals surface area contributed by atoms with Gasteiger partial charge in [0.15, 0.2) is 5.82 Å². The van der Waals surface area contributed by atoms with Crippen LogP contribution in [0.3, 0.4) is 0 Å². The maximum atomic E-state index is 13.1. The van der Waals surface area contributed by atoms with E-state index in [1.165, 1.54) is 0 Å². The number of anilines is 1. The molecule has 0 N–H and O–H groups in total. The third-order valence-electron chi connectivity index (χ3n) is 5.76. The van der Waals surface area contributed by atoms with Gasteiger partial charge in [0.05, 0.1) is 25.5 Å². The molecule has 3 aromatic rings. The molecule has 7 heteroatoms. The van der Waals surface area contributed by atoms with Crippen molar-refractivity contribution in [2.24, 2.45) is 0 Å². The molecule has 2 aromatic carbocycles. The molecule has 1 amide bonds. The quantitative estimate of drug-likeness (QED) is 0.627. The van der Waals surface area contributed by atoms with Gasteiger partial charge in [0.2, 0.25) is 0 Å². The van der Waals surface area contributed by atoms with Crippen molar-refractivity contribution in [3.05, 3.63) is 76.4 Å². The summed E-state index contributed by atoms with van der Waals surface area (Å²) in [4.78, 5) is 27.1.